The highest BCUT2D eigenvalue weighted by Gasteiger charge is 2.22. The van der Waals surface area contributed by atoms with Crippen LogP contribution in [0.15, 0.2) is 18.2 Å². The number of nitrogens with zero attached hydrogens (tertiary/aromatic N) is 2. The summed E-state index contributed by atoms with van der Waals surface area (Å²) in [6.45, 7) is 3.24. The van der Waals surface area contributed by atoms with Gasteiger partial charge in [-0.25, -0.2) is 0 Å². The third-order valence-corrected chi connectivity index (χ3v) is 3.99. The smallest absolute Gasteiger partial charge is 0.273 e. The molecule has 1 saturated heterocycles. The van der Waals surface area contributed by atoms with Crippen LogP contribution in [0.5, 0.6) is 0 Å². The van der Waals surface area contributed by atoms with Gasteiger partial charge in [0.1, 0.15) is 0 Å². The molecule has 1 aromatic rings. The van der Waals surface area contributed by atoms with Gasteiger partial charge in [-0.15, -0.1) is 0 Å². The highest BCUT2D eigenvalue weighted by atomic mass is 16.6. The molecule has 1 atom stereocenters. The van der Waals surface area contributed by atoms with E-state index in [1.165, 1.54) is 18.9 Å². The number of piperidine rings is 1. The van der Waals surface area contributed by atoms with Gasteiger partial charge in [0.25, 0.3) is 11.6 Å². The van der Waals surface area contributed by atoms with Crippen LogP contribution in [0, 0.1) is 17.0 Å². The van der Waals surface area contributed by atoms with Crippen LogP contribution < -0.4 is 5.32 Å². The summed E-state index contributed by atoms with van der Waals surface area (Å²) in [6.07, 6.45) is 3.42. The summed E-state index contributed by atoms with van der Waals surface area (Å²) in [7, 11) is 1.75. The number of nitrogens with one attached hydrogen (secondary N) is 1. The zero-order valence-corrected chi connectivity index (χ0v) is 12.5. The molecule has 0 radical (unpaired) electrons. The predicted octanol–water partition coefficient (Wildman–Crippen LogP) is 2.12. The standard InChI is InChI=1S/C15H21N3O3/c1-11-13(7-5-8-14(11)18(20)21)15(19)17(2)10-12-6-3-4-9-16-12/h5,7-8,12,16H,3-4,6,9-10H2,1-2H3. The molecule has 1 heterocycles. The molecule has 1 N–H and O–H groups in total. The first-order valence-corrected chi connectivity index (χ1v) is 7.23. The van der Waals surface area contributed by atoms with E-state index < -0.39 is 4.92 Å². The molecule has 1 amide bonds. The van der Waals surface area contributed by atoms with E-state index in [1.807, 2.05) is 0 Å². The molecule has 1 fully saturated rings. The molecule has 6 nitrogen and oxygen atoms in total. The Hall–Kier alpha value is -1.95. The van der Waals surface area contributed by atoms with Crippen LogP contribution in [0.3, 0.4) is 0 Å². The Morgan fingerprint density at radius 3 is 2.86 bits per heavy atom. The van der Waals surface area contributed by atoms with Crippen molar-refractivity contribution in [3.8, 4) is 0 Å². The van der Waals surface area contributed by atoms with Crippen LogP contribution in [0.2, 0.25) is 0 Å². The first kappa shape index (κ1) is 15.4. The van der Waals surface area contributed by atoms with Crippen molar-refractivity contribution in [3.63, 3.8) is 0 Å². The first-order chi connectivity index (χ1) is 10.0. The van der Waals surface area contributed by atoms with Crippen molar-refractivity contribution in [2.75, 3.05) is 20.1 Å². The van der Waals surface area contributed by atoms with Gasteiger partial charge in [-0.1, -0.05) is 12.5 Å². The molecular weight excluding hydrogens is 270 g/mol. The summed E-state index contributed by atoms with van der Waals surface area (Å²) >= 11 is 0. The van der Waals surface area contributed by atoms with Gasteiger partial charge in [0.05, 0.1) is 4.92 Å². The summed E-state index contributed by atoms with van der Waals surface area (Å²) in [5.41, 5.74) is 0.823. The molecule has 0 spiro atoms. The molecule has 1 aliphatic heterocycles. The van der Waals surface area contributed by atoms with Gasteiger partial charge in [0, 0.05) is 36.8 Å². The molecule has 0 aromatic heterocycles. The maximum absolute atomic E-state index is 12.5. The Labute approximate surface area is 124 Å². The summed E-state index contributed by atoms with van der Waals surface area (Å²) in [5, 5.41) is 14.4. The largest absolute Gasteiger partial charge is 0.340 e. The second kappa shape index (κ2) is 6.67. The molecule has 6 heteroatoms. The number of carbonyl (C=O) groups is 1. The van der Waals surface area contributed by atoms with Crippen molar-refractivity contribution in [3.05, 3.63) is 39.4 Å². The first-order valence-electron chi connectivity index (χ1n) is 7.23. The summed E-state index contributed by atoms with van der Waals surface area (Å²) < 4.78 is 0. The number of carbonyl (C=O) groups excluding carboxylic acids is 1. The van der Waals surface area contributed by atoms with Gasteiger partial charge in [0.15, 0.2) is 0 Å². The molecule has 0 bridgehead atoms. The van der Waals surface area contributed by atoms with E-state index in [1.54, 1.807) is 31.0 Å². The second-order valence-corrected chi connectivity index (χ2v) is 5.54. The van der Waals surface area contributed by atoms with Gasteiger partial charge in [-0.3, -0.25) is 14.9 Å². The zero-order valence-electron chi connectivity index (χ0n) is 12.5. The van der Waals surface area contributed by atoms with Crippen molar-refractivity contribution in [2.24, 2.45) is 0 Å². The van der Waals surface area contributed by atoms with Crippen LogP contribution in [0.25, 0.3) is 0 Å². The number of nitro benzene ring substituents is 1. The Balaban J connectivity index is 2.11. The molecule has 1 aromatic carbocycles. The van der Waals surface area contributed by atoms with E-state index >= 15 is 0 Å². The maximum Gasteiger partial charge on any atom is 0.273 e. The quantitative estimate of drug-likeness (QED) is 0.681. The van der Waals surface area contributed by atoms with Crippen LogP contribution in [0.1, 0.15) is 35.2 Å². The minimum atomic E-state index is -0.450. The van der Waals surface area contributed by atoms with Crippen molar-refractivity contribution in [1.82, 2.24) is 10.2 Å². The topological polar surface area (TPSA) is 75.5 Å². The molecule has 114 valence electrons. The lowest BCUT2D eigenvalue weighted by atomic mass is 10.0. The number of nitro groups is 1. The normalized spacial score (nSPS) is 18.3. The minimum absolute atomic E-state index is 0.00922. The number of benzene rings is 1. The van der Waals surface area contributed by atoms with E-state index in [4.69, 9.17) is 0 Å². The van der Waals surface area contributed by atoms with E-state index in [2.05, 4.69) is 5.32 Å². The summed E-state index contributed by atoms with van der Waals surface area (Å²) in [6, 6.07) is 4.95. The lowest BCUT2D eigenvalue weighted by Crippen LogP contribution is -2.44. The van der Waals surface area contributed by atoms with Crippen LogP contribution in [0.4, 0.5) is 5.69 Å². The Morgan fingerprint density at radius 2 is 2.24 bits per heavy atom. The van der Waals surface area contributed by atoms with Crippen molar-refractivity contribution in [1.29, 1.82) is 0 Å². The highest BCUT2D eigenvalue weighted by Crippen LogP contribution is 2.22. The van der Waals surface area contributed by atoms with Gasteiger partial charge in [-0.05, 0) is 32.4 Å². The van der Waals surface area contributed by atoms with Gasteiger partial charge < -0.3 is 10.2 Å². The third-order valence-electron chi connectivity index (χ3n) is 3.99. The van der Waals surface area contributed by atoms with E-state index in [-0.39, 0.29) is 11.6 Å². The number of hydrogen-bond donors (Lipinski definition) is 1. The van der Waals surface area contributed by atoms with Crippen LogP contribution in [-0.2, 0) is 0 Å². The van der Waals surface area contributed by atoms with E-state index in [9.17, 15) is 14.9 Å². The van der Waals surface area contributed by atoms with Crippen molar-refractivity contribution >= 4 is 11.6 Å². The zero-order chi connectivity index (χ0) is 15.4. The second-order valence-electron chi connectivity index (χ2n) is 5.54. The summed E-state index contributed by atoms with van der Waals surface area (Å²) in [5.74, 6) is -0.163. The van der Waals surface area contributed by atoms with Crippen LogP contribution >= 0.6 is 0 Å². The van der Waals surface area contributed by atoms with Gasteiger partial charge >= 0.3 is 0 Å². The lowest BCUT2D eigenvalue weighted by Gasteiger charge is -2.28. The molecule has 21 heavy (non-hydrogen) atoms. The molecule has 1 aliphatic rings. The number of amides is 1. The molecular formula is C15H21N3O3. The fourth-order valence-electron chi connectivity index (χ4n) is 2.75. The SMILES string of the molecule is Cc1c(C(=O)N(C)CC2CCCCN2)cccc1[N+](=O)[O-]. The number of hydrogen-bond acceptors (Lipinski definition) is 4. The molecule has 0 saturated carbocycles. The van der Waals surface area contributed by atoms with Crippen LogP contribution in [-0.4, -0.2) is 41.9 Å². The third kappa shape index (κ3) is 3.58. The fraction of sp³-hybridized carbons (Fsp3) is 0.533. The summed E-state index contributed by atoms with van der Waals surface area (Å²) in [4.78, 5) is 24.6. The van der Waals surface area contributed by atoms with Crippen molar-refractivity contribution in [2.45, 2.75) is 32.2 Å². The number of likely N-dealkylation sites (N-methyl/N-ethyl adjacent to an activating group) is 1. The molecule has 1 unspecified atom stereocenters. The molecule has 2 rings (SSSR count). The Bertz CT molecular complexity index is 539. The average Bonchev–Trinajstić information content (AvgIpc) is 2.47. The molecule has 0 aliphatic carbocycles. The maximum atomic E-state index is 12.5. The monoisotopic (exact) mass is 291 g/mol. The lowest BCUT2D eigenvalue weighted by molar-refractivity contribution is -0.385. The van der Waals surface area contributed by atoms with Crippen molar-refractivity contribution < 1.29 is 9.72 Å². The van der Waals surface area contributed by atoms with E-state index in [0.717, 1.165) is 13.0 Å². The van der Waals surface area contributed by atoms with E-state index in [0.29, 0.717) is 23.7 Å². The number of rotatable bonds is 4. The van der Waals surface area contributed by atoms with Gasteiger partial charge in [-0.2, -0.15) is 0 Å². The predicted molar refractivity (Wildman–Crippen MR) is 80.4 cm³/mol. The average molecular weight is 291 g/mol. The Kier molecular flexibility index (Phi) is 4.90. The fourth-order valence-corrected chi connectivity index (χ4v) is 2.75. The highest BCUT2D eigenvalue weighted by molar-refractivity contribution is 5.96. The Morgan fingerprint density at radius 1 is 1.48 bits per heavy atom. The minimum Gasteiger partial charge on any atom is -0.340 e. The van der Waals surface area contributed by atoms with Gasteiger partial charge in [0.2, 0.25) is 0 Å².